The Morgan fingerprint density at radius 3 is 2.55 bits per heavy atom. The summed E-state index contributed by atoms with van der Waals surface area (Å²) in [6.45, 7) is 0. The zero-order chi connectivity index (χ0) is 14.8. The van der Waals surface area contributed by atoms with Crippen LogP contribution in [-0.4, -0.2) is 44.4 Å². The molecule has 8 nitrogen and oxygen atoms in total. The van der Waals surface area contributed by atoms with Crippen LogP contribution in [-0.2, 0) is 27.8 Å². The monoisotopic (exact) mass is 282 g/mol. The number of carbonyl (C=O) groups is 2. The van der Waals surface area contributed by atoms with Crippen LogP contribution in [0, 0.1) is 11.3 Å². The fourth-order valence-corrected chi connectivity index (χ4v) is 2.96. The summed E-state index contributed by atoms with van der Waals surface area (Å²) in [4.78, 5) is 25.3. The van der Waals surface area contributed by atoms with Crippen molar-refractivity contribution in [3.63, 3.8) is 0 Å². The summed E-state index contributed by atoms with van der Waals surface area (Å²) < 4.78 is 4.77. The van der Waals surface area contributed by atoms with Crippen molar-refractivity contribution >= 4 is 11.9 Å². The van der Waals surface area contributed by atoms with E-state index in [0.29, 0.717) is 12.8 Å². The van der Waals surface area contributed by atoms with Crippen molar-refractivity contribution < 1.29 is 19.4 Å². The molecular weight excluding hydrogens is 264 g/mol. The van der Waals surface area contributed by atoms with Crippen LogP contribution in [0.5, 0.6) is 0 Å². The van der Waals surface area contributed by atoms with Crippen LogP contribution in [0.3, 0.4) is 0 Å². The van der Waals surface area contributed by atoms with Crippen LogP contribution in [0.1, 0.15) is 31.5 Å². The van der Waals surface area contributed by atoms with Crippen molar-refractivity contribution in [1.82, 2.24) is 20.2 Å². The highest BCUT2D eigenvalue weighted by Crippen LogP contribution is 2.43. The fraction of sp³-hybridized carbons (Fsp3) is 0.750. The number of rotatable bonds is 5. The second kappa shape index (κ2) is 5.56. The van der Waals surface area contributed by atoms with E-state index in [1.165, 1.54) is 11.9 Å². The number of esters is 1. The average molecular weight is 282 g/mol. The molecule has 1 aliphatic carbocycles. The molecule has 1 fully saturated rings. The molecule has 20 heavy (non-hydrogen) atoms. The topological polar surface area (TPSA) is 107 Å². The Kier molecular flexibility index (Phi) is 4.01. The normalized spacial score (nSPS) is 18.7. The summed E-state index contributed by atoms with van der Waals surface area (Å²) in [6.07, 6.45) is 3.14. The maximum Gasteiger partial charge on any atom is 0.323 e. The third-order valence-electron chi connectivity index (χ3n) is 3.97. The van der Waals surface area contributed by atoms with Gasteiger partial charge in [-0.1, -0.05) is 12.8 Å². The number of hydrogen-bond donors (Lipinski definition) is 1. The summed E-state index contributed by atoms with van der Waals surface area (Å²) >= 11 is 0. The number of carboxylic acids is 1. The lowest BCUT2D eigenvalue weighted by atomic mass is 9.71. The zero-order valence-electron chi connectivity index (χ0n) is 11.6. The Morgan fingerprint density at radius 1 is 1.45 bits per heavy atom. The predicted octanol–water partition coefficient (Wildman–Crippen LogP) is 0.187. The number of tetrazole rings is 1. The molecule has 110 valence electrons. The molecule has 0 saturated heterocycles. The third kappa shape index (κ3) is 2.37. The first-order chi connectivity index (χ1) is 9.50. The highest BCUT2D eigenvalue weighted by Gasteiger charge is 2.55. The maximum absolute atomic E-state index is 12.2. The second-order valence-electron chi connectivity index (χ2n) is 5.12. The molecule has 0 radical (unpaired) electrons. The first-order valence-corrected chi connectivity index (χ1v) is 6.55. The first-order valence-electron chi connectivity index (χ1n) is 6.55. The summed E-state index contributed by atoms with van der Waals surface area (Å²) in [6, 6.07) is 0. The van der Waals surface area contributed by atoms with Gasteiger partial charge in [0.05, 0.1) is 14.2 Å². The molecule has 0 aromatic carbocycles. The van der Waals surface area contributed by atoms with E-state index in [0.717, 1.165) is 12.8 Å². The van der Waals surface area contributed by atoms with Gasteiger partial charge in [-0.05, 0) is 24.0 Å². The van der Waals surface area contributed by atoms with Gasteiger partial charge in [-0.3, -0.25) is 9.59 Å². The molecule has 0 amide bonds. The molecule has 1 N–H and O–H groups in total. The number of hydrogen-bond acceptors (Lipinski definition) is 6. The number of aryl methyl sites for hydroxylation is 1. The highest BCUT2D eigenvalue weighted by molar-refractivity contribution is 5.99. The number of aromatic nitrogens is 4. The van der Waals surface area contributed by atoms with Gasteiger partial charge in [0.15, 0.2) is 11.2 Å². The third-order valence-corrected chi connectivity index (χ3v) is 3.97. The van der Waals surface area contributed by atoms with E-state index < -0.39 is 17.4 Å². The van der Waals surface area contributed by atoms with Crippen molar-refractivity contribution in [3.8, 4) is 0 Å². The smallest absolute Gasteiger partial charge is 0.323 e. The molecule has 1 saturated carbocycles. The van der Waals surface area contributed by atoms with E-state index in [-0.39, 0.29) is 18.2 Å². The Bertz CT molecular complexity index is 509. The Balaban J connectivity index is 2.39. The lowest BCUT2D eigenvalue weighted by Crippen LogP contribution is -2.47. The van der Waals surface area contributed by atoms with Crippen molar-refractivity contribution in [3.05, 3.63) is 5.82 Å². The molecule has 1 unspecified atom stereocenters. The average Bonchev–Trinajstić information content (AvgIpc) is 3.06. The van der Waals surface area contributed by atoms with Gasteiger partial charge in [0.25, 0.3) is 0 Å². The van der Waals surface area contributed by atoms with Crippen molar-refractivity contribution in [2.45, 2.75) is 32.1 Å². The van der Waals surface area contributed by atoms with E-state index >= 15 is 0 Å². The van der Waals surface area contributed by atoms with Gasteiger partial charge in [-0.2, -0.15) is 4.80 Å². The van der Waals surface area contributed by atoms with Crippen molar-refractivity contribution in [2.75, 3.05) is 7.11 Å². The number of aliphatic carboxylic acids is 1. The summed E-state index contributed by atoms with van der Waals surface area (Å²) in [5.74, 6) is -1.92. The molecule has 1 heterocycles. The van der Waals surface area contributed by atoms with E-state index in [4.69, 9.17) is 4.74 Å². The van der Waals surface area contributed by atoms with E-state index in [1.54, 1.807) is 7.05 Å². The number of carbonyl (C=O) groups excluding carboxylic acids is 1. The number of carboxylic acid groups (broad SMARTS) is 1. The molecule has 0 aliphatic heterocycles. The molecule has 0 bridgehead atoms. The Labute approximate surface area is 116 Å². The predicted molar refractivity (Wildman–Crippen MR) is 66.5 cm³/mol. The maximum atomic E-state index is 12.2. The molecule has 1 atom stereocenters. The van der Waals surface area contributed by atoms with Gasteiger partial charge in [0.1, 0.15) is 0 Å². The van der Waals surface area contributed by atoms with Gasteiger partial charge in [-0.25, -0.2) is 0 Å². The van der Waals surface area contributed by atoms with Crippen molar-refractivity contribution in [1.29, 1.82) is 0 Å². The summed E-state index contributed by atoms with van der Waals surface area (Å²) in [5.41, 5.74) is -1.62. The van der Waals surface area contributed by atoms with E-state index in [2.05, 4.69) is 15.4 Å². The largest absolute Gasteiger partial charge is 0.480 e. The number of ether oxygens (including phenoxy) is 1. The molecular formula is C12H18N4O4. The van der Waals surface area contributed by atoms with Crippen molar-refractivity contribution in [2.24, 2.45) is 18.4 Å². The summed E-state index contributed by atoms with van der Waals surface area (Å²) in [5, 5.41) is 21.1. The Morgan fingerprint density at radius 2 is 2.10 bits per heavy atom. The molecule has 1 aliphatic rings. The van der Waals surface area contributed by atoms with Crippen LogP contribution in [0.25, 0.3) is 0 Å². The van der Waals surface area contributed by atoms with Crippen LogP contribution < -0.4 is 0 Å². The van der Waals surface area contributed by atoms with Gasteiger partial charge < -0.3 is 9.84 Å². The summed E-state index contributed by atoms with van der Waals surface area (Å²) in [7, 11) is 2.80. The number of nitrogens with zero attached hydrogens (tertiary/aromatic N) is 4. The van der Waals surface area contributed by atoms with Gasteiger partial charge in [0, 0.05) is 6.42 Å². The standard InChI is InChI=1S/C12H18N4O4/c1-16-14-9(13-15-16)7-12(10(17)18,11(19)20-2)8-5-3-4-6-8/h8H,3-7H2,1-2H3,(H,17,18). The molecule has 1 aromatic rings. The zero-order valence-corrected chi connectivity index (χ0v) is 11.6. The number of methoxy groups -OCH3 is 1. The van der Waals surface area contributed by atoms with Gasteiger partial charge >= 0.3 is 11.9 Å². The van der Waals surface area contributed by atoms with Crippen LogP contribution in [0.4, 0.5) is 0 Å². The van der Waals surface area contributed by atoms with E-state index in [1.807, 2.05) is 0 Å². The minimum atomic E-state index is -1.62. The van der Waals surface area contributed by atoms with Gasteiger partial charge in [0.2, 0.25) is 0 Å². The lowest BCUT2D eigenvalue weighted by Gasteiger charge is -2.31. The lowest BCUT2D eigenvalue weighted by molar-refractivity contribution is -0.171. The fourth-order valence-electron chi connectivity index (χ4n) is 2.96. The molecule has 8 heteroatoms. The highest BCUT2D eigenvalue weighted by atomic mass is 16.5. The van der Waals surface area contributed by atoms with Gasteiger partial charge in [-0.15, -0.1) is 10.2 Å². The molecule has 0 spiro atoms. The van der Waals surface area contributed by atoms with E-state index in [9.17, 15) is 14.7 Å². The van der Waals surface area contributed by atoms with Crippen LogP contribution in [0.15, 0.2) is 0 Å². The minimum Gasteiger partial charge on any atom is -0.480 e. The first kappa shape index (κ1) is 14.4. The molecule has 2 rings (SSSR count). The molecule has 1 aromatic heterocycles. The minimum absolute atomic E-state index is 0.0898. The second-order valence-corrected chi connectivity index (χ2v) is 5.12. The Hall–Kier alpha value is -1.99. The van der Waals surface area contributed by atoms with Crippen LogP contribution in [0.2, 0.25) is 0 Å². The van der Waals surface area contributed by atoms with Crippen LogP contribution >= 0.6 is 0 Å². The quantitative estimate of drug-likeness (QED) is 0.606. The SMILES string of the molecule is COC(=O)C(Cc1nnn(C)n1)(C(=O)O)C1CCCC1.